The summed E-state index contributed by atoms with van der Waals surface area (Å²) in [5.41, 5.74) is 1.20. The lowest BCUT2D eigenvalue weighted by Gasteiger charge is -2.20. The number of hydrogen-bond acceptors (Lipinski definition) is 4. The molecule has 0 saturated carbocycles. The fourth-order valence-corrected chi connectivity index (χ4v) is 3.80. The summed E-state index contributed by atoms with van der Waals surface area (Å²) >= 11 is 5.38. The van der Waals surface area contributed by atoms with Gasteiger partial charge in [-0.05, 0) is 33.4 Å². The molecule has 102 valence electrons. The molecule has 0 radical (unpaired) electrons. The van der Waals surface area contributed by atoms with Crippen LogP contribution in [-0.2, 0) is 6.54 Å². The van der Waals surface area contributed by atoms with Crippen molar-refractivity contribution >= 4 is 27.3 Å². The Bertz CT molecular complexity index is 361. The molecule has 0 aliphatic carbocycles. The molecule has 2 heterocycles. The van der Waals surface area contributed by atoms with Gasteiger partial charge in [0.15, 0.2) is 0 Å². The second kappa shape index (κ2) is 6.98. The molecule has 0 aromatic carbocycles. The van der Waals surface area contributed by atoms with E-state index in [4.69, 9.17) is 0 Å². The van der Waals surface area contributed by atoms with E-state index in [0.29, 0.717) is 0 Å². The highest BCUT2D eigenvalue weighted by Gasteiger charge is 2.15. The number of halogens is 1. The van der Waals surface area contributed by atoms with Crippen LogP contribution in [0.25, 0.3) is 0 Å². The Balaban J connectivity index is 1.86. The molecular formula is C13H22BrN3S. The van der Waals surface area contributed by atoms with Crippen molar-refractivity contribution in [1.29, 1.82) is 0 Å². The summed E-state index contributed by atoms with van der Waals surface area (Å²) in [6.45, 7) is 11.3. The predicted molar refractivity (Wildman–Crippen MR) is 81.7 cm³/mol. The Morgan fingerprint density at radius 3 is 2.56 bits per heavy atom. The molecule has 0 spiro atoms. The average molecular weight is 332 g/mol. The number of hydrogen-bond donors (Lipinski definition) is 0. The molecule has 1 saturated heterocycles. The summed E-state index contributed by atoms with van der Waals surface area (Å²) in [4.78, 5) is 11.1. The van der Waals surface area contributed by atoms with Crippen LogP contribution >= 0.6 is 27.3 Å². The number of aryl methyl sites for hydroxylation is 2. The van der Waals surface area contributed by atoms with Crippen LogP contribution in [0.1, 0.15) is 22.0 Å². The summed E-state index contributed by atoms with van der Waals surface area (Å²) < 4.78 is 0. The van der Waals surface area contributed by atoms with Crippen molar-refractivity contribution in [3.63, 3.8) is 0 Å². The molecule has 2 rings (SSSR count). The van der Waals surface area contributed by atoms with E-state index in [2.05, 4.69) is 44.6 Å². The van der Waals surface area contributed by atoms with Gasteiger partial charge < -0.3 is 4.90 Å². The molecule has 1 fully saturated rings. The molecule has 18 heavy (non-hydrogen) atoms. The van der Waals surface area contributed by atoms with E-state index in [-0.39, 0.29) is 0 Å². The zero-order valence-electron chi connectivity index (χ0n) is 11.3. The van der Waals surface area contributed by atoms with Gasteiger partial charge in [-0.3, -0.25) is 4.90 Å². The predicted octanol–water partition coefficient (Wildman–Crippen LogP) is 2.66. The third-order valence-corrected chi connectivity index (χ3v) is 4.93. The van der Waals surface area contributed by atoms with Gasteiger partial charge in [-0.2, -0.15) is 0 Å². The maximum atomic E-state index is 4.65. The second-order valence-electron chi connectivity index (χ2n) is 4.91. The van der Waals surface area contributed by atoms with Crippen LogP contribution in [-0.4, -0.2) is 52.8 Å². The zero-order valence-corrected chi connectivity index (χ0v) is 13.7. The molecule has 1 aromatic rings. The summed E-state index contributed by atoms with van der Waals surface area (Å²) in [6.07, 6.45) is 1.27. The molecular weight excluding hydrogens is 310 g/mol. The molecule has 0 N–H and O–H groups in total. The maximum Gasteiger partial charge on any atom is 0.107 e. The molecule has 0 amide bonds. The van der Waals surface area contributed by atoms with Gasteiger partial charge in [0, 0.05) is 29.8 Å². The third-order valence-electron chi connectivity index (χ3n) is 3.51. The lowest BCUT2D eigenvalue weighted by atomic mass is 10.4. The van der Waals surface area contributed by atoms with E-state index >= 15 is 0 Å². The summed E-state index contributed by atoms with van der Waals surface area (Å²) in [6, 6.07) is 0. The summed E-state index contributed by atoms with van der Waals surface area (Å²) in [7, 11) is 0. The van der Waals surface area contributed by atoms with Gasteiger partial charge in [0.25, 0.3) is 0 Å². The Morgan fingerprint density at radius 1 is 1.17 bits per heavy atom. The van der Waals surface area contributed by atoms with E-state index in [1.54, 1.807) is 0 Å². The van der Waals surface area contributed by atoms with E-state index in [0.717, 1.165) is 11.9 Å². The average Bonchev–Trinajstić information content (AvgIpc) is 2.53. The highest BCUT2D eigenvalue weighted by atomic mass is 79.9. The number of alkyl halides is 1. The fourth-order valence-electron chi connectivity index (χ4n) is 2.32. The molecule has 5 heteroatoms. The van der Waals surface area contributed by atoms with Gasteiger partial charge in [0.05, 0.1) is 12.2 Å². The van der Waals surface area contributed by atoms with Gasteiger partial charge in [-0.25, -0.2) is 4.98 Å². The standard InChI is InChI=1S/C13H22BrN3S/c1-11-12(2)18-13(15-11)10-17-6-3-5-16(7-4-14)8-9-17/h3-10H2,1-2H3. The van der Waals surface area contributed by atoms with Crippen LogP contribution < -0.4 is 0 Å². The van der Waals surface area contributed by atoms with Gasteiger partial charge in [-0.15, -0.1) is 11.3 Å². The summed E-state index contributed by atoms with van der Waals surface area (Å²) in [5, 5.41) is 2.36. The fraction of sp³-hybridized carbons (Fsp3) is 0.769. The first kappa shape index (κ1) is 14.4. The summed E-state index contributed by atoms with van der Waals surface area (Å²) in [5.74, 6) is 0. The van der Waals surface area contributed by atoms with Crippen molar-refractivity contribution in [3.05, 3.63) is 15.6 Å². The highest BCUT2D eigenvalue weighted by molar-refractivity contribution is 9.09. The minimum absolute atomic E-state index is 1.03. The van der Waals surface area contributed by atoms with Gasteiger partial charge in [0.1, 0.15) is 5.01 Å². The van der Waals surface area contributed by atoms with E-state index in [1.165, 1.54) is 54.7 Å². The Morgan fingerprint density at radius 2 is 1.89 bits per heavy atom. The van der Waals surface area contributed by atoms with Crippen LogP contribution in [0, 0.1) is 13.8 Å². The minimum Gasteiger partial charge on any atom is -0.301 e. The molecule has 3 nitrogen and oxygen atoms in total. The van der Waals surface area contributed by atoms with Crippen LogP contribution in [0.3, 0.4) is 0 Å². The topological polar surface area (TPSA) is 19.4 Å². The van der Waals surface area contributed by atoms with Gasteiger partial charge >= 0.3 is 0 Å². The number of aromatic nitrogens is 1. The SMILES string of the molecule is Cc1nc(CN2CCCN(CCBr)CC2)sc1C. The third kappa shape index (κ3) is 4.02. The minimum atomic E-state index is 1.03. The Labute approximate surface area is 122 Å². The van der Waals surface area contributed by atoms with E-state index in [1.807, 2.05) is 11.3 Å². The van der Waals surface area contributed by atoms with Crippen molar-refractivity contribution in [2.24, 2.45) is 0 Å². The Kier molecular flexibility index (Phi) is 5.60. The van der Waals surface area contributed by atoms with Crippen LogP contribution in [0.4, 0.5) is 0 Å². The zero-order chi connectivity index (χ0) is 13.0. The number of thiazole rings is 1. The quantitative estimate of drug-likeness (QED) is 0.791. The molecule has 0 bridgehead atoms. The highest BCUT2D eigenvalue weighted by Crippen LogP contribution is 2.18. The smallest absolute Gasteiger partial charge is 0.107 e. The lowest BCUT2D eigenvalue weighted by Crippen LogP contribution is -2.31. The first-order valence-electron chi connectivity index (χ1n) is 6.62. The monoisotopic (exact) mass is 331 g/mol. The Hall–Kier alpha value is 0.0300. The van der Waals surface area contributed by atoms with Crippen molar-refractivity contribution < 1.29 is 0 Å². The van der Waals surface area contributed by atoms with Crippen molar-refractivity contribution in [2.45, 2.75) is 26.8 Å². The van der Waals surface area contributed by atoms with Gasteiger partial charge in [0.2, 0.25) is 0 Å². The number of nitrogens with zero attached hydrogens (tertiary/aromatic N) is 3. The normalized spacial score (nSPS) is 19.1. The first-order valence-corrected chi connectivity index (χ1v) is 8.56. The van der Waals surface area contributed by atoms with Crippen molar-refractivity contribution in [2.75, 3.05) is 38.1 Å². The first-order chi connectivity index (χ1) is 8.69. The van der Waals surface area contributed by atoms with E-state index in [9.17, 15) is 0 Å². The maximum absolute atomic E-state index is 4.65. The second-order valence-corrected chi connectivity index (χ2v) is 6.99. The van der Waals surface area contributed by atoms with E-state index < -0.39 is 0 Å². The molecule has 0 unspecified atom stereocenters. The van der Waals surface area contributed by atoms with Crippen LogP contribution in [0.15, 0.2) is 0 Å². The molecule has 1 aliphatic rings. The largest absolute Gasteiger partial charge is 0.301 e. The molecule has 1 aliphatic heterocycles. The lowest BCUT2D eigenvalue weighted by molar-refractivity contribution is 0.258. The van der Waals surface area contributed by atoms with Crippen LogP contribution in [0.5, 0.6) is 0 Å². The molecule has 0 atom stereocenters. The van der Waals surface area contributed by atoms with Crippen LogP contribution in [0.2, 0.25) is 0 Å². The molecule has 1 aromatic heterocycles. The van der Waals surface area contributed by atoms with Crippen molar-refractivity contribution in [3.8, 4) is 0 Å². The number of rotatable bonds is 4. The van der Waals surface area contributed by atoms with Crippen molar-refractivity contribution in [1.82, 2.24) is 14.8 Å². The van der Waals surface area contributed by atoms with Gasteiger partial charge in [-0.1, -0.05) is 15.9 Å².